The third-order valence-electron chi connectivity index (χ3n) is 2.48. The molecule has 1 rings (SSSR count). The van der Waals surface area contributed by atoms with E-state index < -0.39 is 0 Å². The summed E-state index contributed by atoms with van der Waals surface area (Å²) in [7, 11) is 4.18. The zero-order valence-electron chi connectivity index (χ0n) is 10.2. The third kappa shape index (κ3) is 4.92. The van der Waals surface area contributed by atoms with Crippen LogP contribution >= 0.6 is 11.6 Å². The fourth-order valence-electron chi connectivity index (χ4n) is 1.48. The van der Waals surface area contributed by atoms with Crippen molar-refractivity contribution < 1.29 is 0 Å². The molecular formula is C12H20ClN3. The van der Waals surface area contributed by atoms with E-state index >= 15 is 0 Å². The molecule has 1 unspecified atom stereocenters. The van der Waals surface area contributed by atoms with E-state index in [1.54, 1.807) is 0 Å². The first kappa shape index (κ1) is 13.4. The average Bonchev–Trinajstić information content (AvgIpc) is 2.25. The first-order valence-electron chi connectivity index (χ1n) is 5.59. The Balaban J connectivity index is 2.29. The molecule has 1 aromatic rings. The van der Waals surface area contributed by atoms with Crippen LogP contribution in [-0.2, 0) is 0 Å². The van der Waals surface area contributed by atoms with Crippen molar-refractivity contribution in [2.45, 2.75) is 19.4 Å². The summed E-state index contributed by atoms with van der Waals surface area (Å²) in [4.78, 5) is 6.26. The zero-order valence-corrected chi connectivity index (χ0v) is 11.0. The van der Waals surface area contributed by atoms with Crippen molar-refractivity contribution in [3.05, 3.63) is 29.0 Å². The second-order valence-corrected chi connectivity index (χ2v) is 4.63. The molecule has 0 bridgehead atoms. The summed E-state index contributed by atoms with van der Waals surface area (Å²) >= 11 is 5.74. The van der Waals surface area contributed by atoms with Gasteiger partial charge in [-0.05, 0) is 52.2 Å². The van der Waals surface area contributed by atoms with Gasteiger partial charge in [-0.15, -0.1) is 0 Å². The lowest BCUT2D eigenvalue weighted by Gasteiger charge is -2.15. The van der Waals surface area contributed by atoms with Gasteiger partial charge in [-0.25, -0.2) is 4.98 Å². The Morgan fingerprint density at radius 1 is 1.44 bits per heavy atom. The van der Waals surface area contributed by atoms with Crippen LogP contribution in [0, 0.1) is 0 Å². The lowest BCUT2D eigenvalue weighted by molar-refractivity contribution is 0.389. The van der Waals surface area contributed by atoms with E-state index in [0.717, 1.165) is 19.5 Å². The number of rotatable bonds is 6. The molecule has 0 aliphatic carbocycles. The molecule has 0 amide bonds. The van der Waals surface area contributed by atoms with Gasteiger partial charge in [-0.3, -0.25) is 0 Å². The predicted octanol–water partition coefficient (Wildman–Crippen LogP) is 2.34. The number of aromatic nitrogens is 1. The Labute approximate surface area is 103 Å². The number of nitrogens with one attached hydrogen (secondary N) is 1. The van der Waals surface area contributed by atoms with Gasteiger partial charge in [-0.1, -0.05) is 17.7 Å². The normalized spacial score (nSPS) is 13.1. The first-order chi connectivity index (χ1) is 7.59. The quantitative estimate of drug-likeness (QED) is 0.612. The van der Waals surface area contributed by atoms with Crippen LogP contribution in [0.3, 0.4) is 0 Å². The second-order valence-electron chi connectivity index (χ2n) is 4.25. The average molecular weight is 242 g/mol. The largest absolute Gasteiger partial charge is 0.310 e. The lowest BCUT2D eigenvalue weighted by atomic mass is 10.1. The van der Waals surface area contributed by atoms with Crippen LogP contribution in [0.4, 0.5) is 0 Å². The Hall–Kier alpha value is -0.640. The summed E-state index contributed by atoms with van der Waals surface area (Å²) in [6, 6.07) is 4.17. The summed E-state index contributed by atoms with van der Waals surface area (Å²) in [5, 5.41) is 4.01. The van der Waals surface area contributed by atoms with Crippen LogP contribution < -0.4 is 5.32 Å². The third-order valence-corrected chi connectivity index (χ3v) is 2.71. The molecule has 1 N–H and O–H groups in total. The van der Waals surface area contributed by atoms with E-state index in [1.165, 1.54) is 5.56 Å². The van der Waals surface area contributed by atoms with Crippen LogP contribution in [0.2, 0.25) is 5.15 Å². The van der Waals surface area contributed by atoms with Gasteiger partial charge in [0.2, 0.25) is 0 Å². The molecule has 0 radical (unpaired) electrons. The topological polar surface area (TPSA) is 28.2 Å². The summed E-state index contributed by atoms with van der Waals surface area (Å²) in [6.45, 7) is 4.27. The maximum Gasteiger partial charge on any atom is 0.129 e. The highest BCUT2D eigenvalue weighted by molar-refractivity contribution is 6.29. The fraction of sp³-hybridized carbons (Fsp3) is 0.583. The van der Waals surface area contributed by atoms with Crippen molar-refractivity contribution in [2.24, 2.45) is 0 Å². The fourth-order valence-corrected chi connectivity index (χ4v) is 1.59. The molecule has 0 aromatic carbocycles. The molecule has 0 saturated heterocycles. The minimum absolute atomic E-state index is 0.326. The standard InChI is InChI=1S/C12H20ClN3/c1-10(14-7-4-8-16(2)3)11-5-6-12(13)15-9-11/h5-6,9-10,14H,4,7-8H2,1-3H3. The second kappa shape index (κ2) is 6.84. The molecule has 4 heteroatoms. The molecule has 3 nitrogen and oxygen atoms in total. The highest BCUT2D eigenvalue weighted by atomic mass is 35.5. The van der Waals surface area contributed by atoms with Gasteiger partial charge in [-0.2, -0.15) is 0 Å². The molecule has 0 aliphatic rings. The summed E-state index contributed by atoms with van der Waals surface area (Å²) in [5.74, 6) is 0. The highest BCUT2D eigenvalue weighted by Gasteiger charge is 2.04. The Morgan fingerprint density at radius 2 is 2.19 bits per heavy atom. The Kier molecular flexibility index (Phi) is 5.74. The van der Waals surface area contributed by atoms with E-state index in [-0.39, 0.29) is 0 Å². The molecule has 1 aromatic heterocycles. The van der Waals surface area contributed by atoms with E-state index in [2.05, 4.69) is 36.2 Å². The molecule has 0 fully saturated rings. The Morgan fingerprint density at radius 3 is 2.75 bits per heavy atom. The number of hydrogen-bond acceptors (Lipinski definition) is 3. The van der Waals surface area contributed by atoms with Gasteiger partial charge in [0.25, 0.3) is 0 Å². The molecule has 1 atom stereocenters. The van der Waals surface area contributed by atoms with Crippen molar-refractivity contribution in [1.29, 1.82) is 0 Å². The van der Waals surface area contributed by atoms with Gasteiger partial charge < -0.3 is 10.2 Å². The van der Waals surface area contributed by atoms with Crippen molar-refractivity contribution in [3.63, 3.8) is 0 Å². The summed E-state index contributed by atoms with van der Waals surface area (Å²) < 4.78 is 0. The molecule has 1 heterocycles. The SMILES string of the molecule is CC(NCCCN(C)C)c1ccc(Cl)nc1. The number of halogens is 1. The van der Waals surface area contributed by atoms with Gasteiger partial charge in [0, 0.05) is 12.2 Å². The predicted molar refractivity (Wildman–Crippen MR) is 68.8 cm³/mol. The smallest absolute Gasteiger partial charge is 0.129 e. The summed E-state index contributed by atoms with van der Waals surface area (Å²) in [6.07, 6.45) is 2.98. The Bertz CT molecular complexity index is 298. The monoisotopic (exact) mass is 241 g/mol. The summed E-state index contributed by atoms with van der Waals surface area (Å²) in [5.41, 5.74) is 1.18. The van der Waals surface area contributed by atoms with Crippen LogP contribution in [0.25, 0.3) is 0 Å². The highest BCUT2D eigenvalue weighted by Crippen LogP contribution is 2.13. The van der Waals surface area contributed by atoms with E-state index in [4.69, 9.17) is 11.6 Å². The molecule has 0 aliphatic heterocycles. The molecule has 16 heavy (non-hydrogen) atoms. The van der Waals surface area contributed by atoms with E-state index in [1.807, 2.05) is 18.3 Å². The maximum absolute atomic E-state index is 5.74. The van der Waals surface area contributed by atoms with Crippen LogP contribution in [0.5, 0.6) is 0 Å². The van der Waals surface area contributed by atoms with Gasteiger partial charge >= 0.3 is 0 Å². The van der Waals surface area contributed by atoms with Crippen molar-refractivity contribution in [3.8, 4) is 0 Å². The first-order valence-corrected chi connectivity index (χ1v) is 5.97. The minimum Gasteiger partial charge on any atom is -0.310 e. The molecule has 0 spiro atoms. The molecule has 90 valence electrons. The van der Waals surface area contributed by atoms with Gasteiger partial charge in [0.05, 0.1) is 0 Å². The van der Waals surface area contributed by atoms with Gasteiger partial charge in [0.15, 0.2) is 0 Å². The van der Waals surface area contributed by atoms with E-state index in [9.17, 15) is 0 Å². The zero-order chi connectivity index (χ0) is 12.0. The van der Waals surface area contributed by atoms with Crippen LogP contribution in [-0.4, -0.2) is 37.1 Å². The number of pyridine rings is 1. The lowest BCUT2D eigenvalue weighted by Crippen LogP contribution is -2.23. The number of nitrogens with zero attached hydrogens (tertiary/aromatic N) is 2. The molecular weight excluding hydrogens is 222 g/mol. The maximum atomic E-state index is 5.74. The number of hydrogen-bond donors (Lipinski definition) is 1. The van der Waals surface area contributed by atoms with E-state index in [0.29, 0.717) is 11.2 Å². The van der Waals surface area contributed by atoms with Crippen LogP contribution in [0.1, 0.15) is 24.9 Å². The molecule has 0 saturated carbocycles. The van der Waals surface area contributed by atoms with Crippen molar-refractivity contribution in [2.75, 3.05) is 27.2 Å². The van der Waals surface area contributed by atoms with Crippen molar-refractivity contribution in [1.82, 2.24) is 15.2 Å². The minimum atomic E-state index is 0.326. The van der Waals surface area contributed by atoms with Crippen molar-refractivity contribution >= 4 is 11.6 Å². The van der Waals surface area contributed by atoms with Gasteiger partial charge in [0.1, 0.15) is 5.15 Å². The van der Waals surface area contributed by atoms with Crippen LogP contribution in [0.15, 0.2) is 18.3 Å².